The lowest BCUT2D eigenvalue weighted by Gasteiger charge is -2.38. The van der Waals surface area contributed by atoms with Gasteiger partial charge in [-0.2, -0.15) is 0 Å². The first-order valence-corrected chi connectivity index (χ1v) is 8.19. The van der Waals surface area contributed by atoms with Crippen molar-refractivity contribution in [3.63, 3.8) is 0 Å². The van der Waals surface area contributed by atoms with Crippen LogP contribution >= 0.6 is 0 Å². The maximum absolute atomic E-state index is 10.2. The van der Waals surface area contributed by atoms with Crippen LogP contribution in [-0.4, -0.2) is 42.3 Å². The molecule has 3 rings (SSSR count). The Morgan fingerprint density at radius 1 is 1.29 bits per heavy atom. The van der Waals surface area contributed by atoms with Gasteiger partial charge >= 0.3 is 0 Å². The number of likely N-dealkylation sites (tertiary alicyclic amines) is 1. The van der Waals surface area contributed by atoms with Crippen LogP contribution in [0.3, 0.4) is 0 Å². The maximum Gasteiger partial charge on any atom is 0.0799 e. The van der Waals surface area contributed by atoms with Crippen LogP contribution < -0.4 is 5.32 Å². The lowest BCUT2D eigenvalue weighted by molar-refractivity contribution is 0.111. The molecular formula is C18H28N2O. The van der Waals surface area contributed by atoms with Crippen molar-refractivity contribution < 1.29 is 5.11 Å². The fraction of sp³-hybridized carbons (Fsp3) is 0.667. The van der Waals surface area contributed by atoms with Gasteiger partial charge in [-0.05, 0) is 36.8 Å². The smallest absolute Gasteiger partial charge is 0.0799 e. The molecule has 0 bridgehead atoms. The summed E-state index contributed by atoms with van der Waals surface area (Å²) in [6.45, 7) is 7.98. The molecule has 3 nitrogen and oxygen atoms in total. The molecule has 2 N–H and O–H groups in total. The number of aliphatic hydroxyl groups is 1. The first-order chi connectivity index (χ1) is 10.0. The zero-order valence-electron chi connectivity index (χ0n) is 13.3. The van der Waals surface area contributed by atoms with Gasteiger partial charge in [0.15, 0.2) is 0 Å². The Morgan fingerprint density at radius 2 is 2.00 bits per heavy atom. The van der Waals surface area contributed by atoms with E-state index in [0.29, 0.717) is 11.5 Å². The SMILES string of the molecule is CC1(C)CCN(CC(CO)(NC2CC2)c2ccccc2)C1. The number of rotatable bonds is 6. The molecule has 1 aliphatic heterocycles. The largest absolute Gasteiger partial charge is 0.394 e. The van der Waals surface area contributed by atoms with E-state index < -0.39 is 0 Å². The van der Waals surface area contributed by atoms with E-state index in [1.807, 2.05) is 6.07 Å². The predicted molar refractivity (Wildman–Crippen MR) is 86.2 cm³/mol. The van der Waals surface area contributed by atoms with E-state index in [1.165, 1.54) is 24.8 Å². The van der Waals surface area contributed by atoms with E-state index in [9.17, 15) is 5.11 Å². The van der Waals surface area contributed by atoms with E-state index in [-0.39, 0.29) is 12.1 Å². The Labute approximate surface area is 128 Å². The van der Waals surface area contributed by atoms with Crippen LogP contribution in [0.2, 0.25) is 0 Å². The van der Waals surface area contributed by atoms with Gasteiger partial charge in [-0.3, -0.25) is 0 Å². The lowest BCUT2D eigenvalue weighted by atomic mass is 9.89. The second-order valence-electron chi connectivity index (χ2n) is 7.65. The first kappa shape index (κ1) is 15.0. The predicted octanol–water partition coefficient (Wildman–Crippen LogP) is 2.36. The molecule has 21 heavy (non-hydrogen) atoms. The molecule has 1 atom stereocenters. The van der Waals surface area contributed by atoms with Crippen LogP contribution in [0.25, 0.3) is 0 Å². The Hall–Kier alpha value is -0.900. The summed E-state index contributed by atoms with van der Waals surface area (Å²) in [4.78, 5) is 2.51. The summed E-state index contributed by atoms with van der Waals surface area (Å²) in [7, 11) is 0. The number of hydrogen-bond acceptors (Lipinski definition) is 3. The van der Waals surface area contributed by atoms with Crippen molar-refractivity contribution in [1.82, 2.24) is 10.2 Å². The molecular weight excluding hydrogens is 260 g/mol. The van der Waals surface area contributed by atoms with E-state index in [0.717, 1.165) is 19.6 Å². The molecule has 0 amide bonds. The number of nitrogens with zero attached hydrogens (tertiary/aromatic N) is 1. The van der Waals surface area contributed by atoms with E-state index >= 15 is 0 Å². The molecule has 2 fully saturated rings. The summed E-state index contributed by atoms with van der Waals surface area (Å²) < 4.78 is 0. The van der Waals surface area contributed by atoms with Gasteiger partial charge in [-0.15, -0.1) is 0 Å². The van der Waals surface area contributed by atoms with E-state index in [4.69, 9.17) is 0 Å². The van der Waals surface area contributed by atoms with Gasteiger partial charge in [0.05, 0.1) is 12.1 Å². The van der Waals surface area contributed by atoms with Crippen LogP contribution in [0.4, 0.5) is 0 Å². The highest BCUT2D eigenvalue weighted by atomic mass is 16.3. The van der Waals surface area contributed by atoms with Crippen LogP contribution in [0.5, 0.6) is 0 Å². The molecule has 1 saturated heterocycles. The van der Waals surface area contributed by atoms with Crippen molar-refractivity contribution in [2.75, 3.05) is 26.2 Å². The third-order valence-corrected chi connectivity index (χ3v) is 4.90. The zero-order chi connectivity index (χ0) is 14.9. The summed E-state index contributed by atoms with van der Waals surface area (Å²) >= 11 is 0. The number of nitrogens with one attached hydrogen (secondary N) is 1. The lowest BCUT2D eigenvalue weighted by Crippen LogP contribution is -2.54. The van der Waals surface area contributed by atoms with Crippen molar-refractivity contribution in [3.8, 4) is 0 Å². The summed E-state index contributed by atoms with van der Waals surface area (Å²) in [6.07, 6.45) is 3.72. The van der Waals surface area contributed by atoms with Gasteiger partial charge in [0.1, 0.15) is 0 Å². The minimum atomic E-state index is -0.317. The molecule has 0 aromatic heterocycles. The molecule has 1 aliphatic carbocycles. The van der Waals surface area contributed by atoms with Crippen molar-refractivity contribution in [2.24, 2.45) is 5.41 Å². The molecule has 1 unspecified atom stereocenters. The van der Waals surface area contributed by atoms with Crippen LogP contribution in [0, 0.1) is 5.41 Å². The van der Waals surface area contributed by atoms with Gasteiger partial charge in [0.2, 0.25) is 0 Å². The Morgan fingerprint density at radius 3 is 2.52 bits per heavy atom. The fourth-order valence-corrected chi connectivity index (χ4v) is 3.52. The quantitative estimate of drug-likeness (QED) is 0.843. The van der Waals surface area contributed by atoms with Gasteiger partial charge < -0.3 is 15.3 Å². The van der Waals surface area contributed by atoms with Gasteiger partial charge in [-0.25, -0.2) is 0 Å². The highest BCUT2D eigenvalue weighted by molar-refractivity contribution is 5.26. The van der Waals surface area contributed by atoms with Crippen molar-refractivity contribution >= 4 is 0 Å². The summed E-state index contributed by atoms with van der Waals surface area (Å²) in [6, 6.07) is 11.1. The normalized spacial score (nSPS) is 24.9. The molecule has 0 spiro atoms. The molecule has 3 heteroatoms. The Kier molecular flexibility index (Phi) is 4.08. The zero-order valence-corrected chi connectivity index (χ0v) is 13.3. The van der Waals surface area contributed by atoms with Crippen LogP contribution in [0.15, 0.2) is 30.3 Å². The molecule has 116 valence electrons. The molecule has 1 heterocycles. The summed E-state index contributed by atoms with van der Waals surface area (Å²) in [5, 5.41) is 13.9. The van der Waals surface area contributed by atoms with Crippen LogP contribution in [0.1, 0.15) is 38.7 Å². The fourth-order valence-electron chi connectivity index (χ4n) is 3.52. The third kappa shape index (κ3) is 3.47. The van der Waals surface area contributed by atoms with Crippen LogP contribution in [-0.2, 0) is 5.54 Å². The molecule has 1 aromatic carbocycles. The van der Waals surface area contributed by atoms with Crippen molar-refractivity contribution in [3.05, 3.63) is 35.9 Å². The minimum absolute atomic E-state index is 0.157. The molecule has 1 saturated carbocycles. The number of aliphatic hydroxyl groups excluding tert-OH is 1. The minimum Gasteiger partial charge on any atom is -0.394 e. The van der Waals surface area contributed by atoms with Gasteiger partial charge in [0, 0.05) is 19.1 Å². The molecule has 0 radical (unpaired) electrons. The number of benzene rings is 1. The van der Waals surface area contributed by atoms with Crippen molar-refractivity contribution in [1.29, 1.82) is 0 Å². The highest BCUT2D eigenvalue weighted by Gasteiger charge is 2.41. The first-order valence-electron chi connectivity index (χ1n) is 8.19. The molecule has 1 aromatic rings. The summed E-state index contributed by atoms with van der Waals surface area (Å²) in [5.74, 6) is 0. The highest BCUT2D eigenvalue weighted by Crippen LogP contribution is 2.34. The average molecular weight is 288 g/mol. The van der Waals surface area contributed by atoms with E-state index in [2.05, 4.69) is 48.3 Å². The van der Waals surface area contributed by atoms with Crippen molar-refractivity contribution in [2.45, 2.75) is 44.7 Å². The molecule has 2 aliphatic rings. The second kappa shape index (κ2) is 5.71. The van der Waals surface area contributed by atoms with Gasteiger partial charge in [0.25, 0.3) is 0 Å². The monoisotopic (exact) mass is 288 g/mol. The van der Waals surface area contributed by atoms with Gasteiger partial charge in [-0.1, -0.05) is 44.2 Å². The van der Waals surface area contributed by atoms with E-state index in [1.54, 1.807) is 0 Å². The summed E-state index contributed by atoms with van der Waals surface area (Å²) in [5.41, 5.74) is 1.30. The average Bonchev–Trinajstić information content (AvgIpc) is 3.22. The number of hydrogen-bond donors (Lipinski definition) is 2. The maximum atomic E-state index is 10.2. The standard InChI is InChI=1S/C18H28N2O/c1-17(2)10-11-20(12-17)13-18(14-21,19-16-8-9-16)15-6-4-3-5-7-15/h3-7,16,19,21H,8-14H2,1-2H3. The Bertz CT molecular complexity index is 469. The second-order valence-corrected chi connectivity index (χ2v) is 7.65. The Balaban J connectivity index is 1.81. The third-order valence-electron chi connectivity index (χ3n) is 4.90. The topological polar surface area (TPSA) is 35.5 Å².